The number of hydrogen-bond donors (Lipinski definition) is 0. The Morgan fingerprint density at radius 1 is 0.742 bits per heavy atom. The van der Waals surface area contributed by atoms with Crippen LogP contribution < -0.4 is 9.47 Å². The molecule has 0 aliphatic heterocycles. The van der Waals surface area contributed by atoms with Gasteiger partial charge >= 0.3 is 0 Å². The zero-order valence-corrected chi connectivity index (χ0v) is 19.5. The first-order chi connectivity index (χ1) is 15.2. The molecule has 0 amide bonds. The summed E-state index contributed by atoms with van der Waals surface area (Å²) in [5, 5.41) is 0. The zero-order chi connectivity index (χ0) is 22.2. The van der Waals surface area contributed by atoms with Crippen LogP contribution in [0.15, 0.2) is 42.6 Å². The molecular weight excluding hydrogens is 389 g/mol. The second kappa shape index (κ2) is 15.7. The first-order valence-electron chi connectivity index (χ1n) is 12.2. The Morgan fingerprint density at radius 3 is 2.06 bits per heavy atom. The number of unbranched alkanes of at least 4 members (excludes halogenated alkanes) is 8. The third-order valence-electron chi connectivity index (χ3n) is 5.45. The maximum absolute atomic E-state index is 13.9. The lowest BCUT2D eigenvalue weighted by Gasteiger charge is -2.11. The van der Waals surface area contributed by atoms with E-state index in [1.165, 1.54) is 44.9 Å². The molecule has 1 aromatic carbocycles. The molecule has 0 spiro atoms. The van der Waals surface area contributed by atoms with Gasteiger partial charge in [-0.05, 0) is 49.2 Å². The predicted molar refractivity (Wildman–Crippen MR) is 128 cm³/mol. The molecule has 0 unspecified atom stereocenters. The van der Waals surface area contributed by atoms with Crippen LogP contribution in [0.1, 0.15) is 84.5 Å². The number of hydrogen-bond acceptors (Lipinski definition) is 3. The second-order valence-corrected chi connectivity index (χ2v) is 8.28. The minimum absolute atomic E-state index is 0.0950. The van der Waals surface area contributed by atoms with Crippen molar-refractivity contribution in [3.63, 3.8) is 0 Å². The Kier molecular flexibility index (Phi) is 12.7. The summed E-state index contributed by atoms with van der Waals surface area (Å²) in [7, 11) is 0. The maximum Gasteiger partial charge on any atom is 0.137 e. The highest BCUT2D eigenvalue weighted by atomic mass is 19.1. The fraction of sp³-hybridized carbons (Fsp3) is 0.593. The Balaban J connectivity index is 1.69. The molecule has 0 aliphatic carbocycles. The fourth-order valence-electron chi connectivity index (χ4n) is 3.49. The number of ether oxygens (including phenoxy) is 2. The highest BCUT2D eigenvalue weighted by Crippen LogP contribution is 2.23. The largest absolute Gasteiger partial charge is 0.494 e. The summed E-state index contributed by atoms with van der Waals surface area (Å²) in [6.45, 7) is 5.26. The molecule has 0 saturated heterocycles. The number of rotatable bonds is 17. The van der Waals surface area contributed by atoms with Crippen molar-refractivity contribution in [1.29, 1.82) is 0 Å². The van der Waals surface area contributed by atoms with E-state index in [1.54, 1.807) is 6.20 Å². The van der Waals surface area contributed by atoms with Gasteiger partial charge in [-0.3, -0.25) is 4.98 Å². The van der Waals surface area contributed by atoms with Crippen molar-refractivity contribution in [2.75, 3.05) is 13.2 Å². The summed E-state index contributed by atoms with van der Waals surface area (Å²) in [5.74, 6) is 1.50. The van der Waals surface area contributed by atoms with Gasteiger partial charge in [-0.25, -0.2) is 4.39 Å². The van der Waals surface area contributed by atoms with Crippen LogP contribution in [-0.2, 0) is 0 Å². The van der Waals surface area contributed by atoms with Crippen LogP contribution in [0.2, 0.25) is 0 Å². The second-order valence-electron chi connectivity index (χ2n) is 8.28. The Morgan fingerprint density at radius 2 is 1.39 bits per heavy atom. The monoisotopic (exact) mass is 429 g/mol. The lowest BCUT2D eigenvalue weighted by Crippen LogP contribution is -2.12. The minimum Gasteiger partial charge on any atom is -0.494 e. The Hall–Kier alpha value is -2.10. The summed E-state index contributed by atoms with van der Waals surface area (Å²) in [5.41, 5.74) is 1.89. The van der Waals surface area contributed by atoms with E-state index in [9.17, 15) is 4.39 Å². The molecule has 172 valence electrons. The average Bonchev–Trinajstić information content (AvgIpc) is 2.81. The normalized spacial score (nSPS) is 12.0. The Bertz CT molecular complexity index is 687. The summed E-state index contributed by atoms with van der Waals surface area (Å²) in [6, 6.07) is 11.8. The van der Waals surface area contributed by atoms with E-state index in [1.807, 2.05) is 36.4 Å². The number of alkyl halides is 1. The zero-order valence-electron chi connectivity index (χ0n) is 19.5. The first kappa shape index (κ1) is 25.2. The van der Waals surface area contributed by atoms with Crippen molar-refractivity contribution in [2.24, 2.45) is 0 Å². The lowest BCUT2D eigenvalue weighted by molar-refractivity contribution is 0.183. The van der Waals surface area contributed by atoms with Crippen LogP contribution in [0.3, 0.4) is 0 Å². The van der Waals surface area contributed by atoms with Gasteiger partial charge in [0.2, 0.25) is 0 Å². The van der Waals surface area contributed by atoms with Crippen LogP contribution in [-0.4, -0.2) is 24.4 Å². The molecule has 0 saturated carbocycles. The molecule has 0 radical (unpaired) electrons. The van der Waals surface area contributed by atoms with E-state index in [-0.39, 0.29) is 6.61 Å². The van der Waals surface area contributed by atoms with Gasteiger partial charge in [0.1, 0.15) is 24.3 Å². The summed E-state index contributed by atoms with van der Waals surface area (Å²) < 4.78 is 25.3. The van der Waals surface area contributed by atoms with Crippen LogP contribution in [0.4, 0.5) is 4.39 Å². The SMILES string of the molecule is CCCCCCCCOc1ccc(-c2ccc(OC[C@@H](F)CCCCCC)cn2)cc1. The lowest BCUT2D eigenvalue weighted by atomic mass is 10.1. The first-order valence-corrected chi connectivity index (χ1v) is 12.2. The van der Waals surface area contributed by atoms with E-state index < -0.39 is 6.17 Å². The van der Waals surface area contributed by atoms with Crippen LogP contribution in [0, 0.1) is 0 Å². The van der Waals surface area contributed by atoms with Gasteiger partial charge in [-0.1, -0.05) is 71.6 Å². The smallest absolute Gasteiger partial charge is 0.137 e. The van der Waals surface area contributed by atoms with Gasteiger partial charge in [-0.15, -0.1) is 0 Å². The molecule has 2 aromatic rings. The average molecular weight is 430 g/mol. The minimum atomic E-state index is -0.916. The molecule has 0 N–H and O–H groups in total. The van der Waals surface area contributed by atoms with E-state index in [2.05, 4.69) is 18.8 Å². The van der Waals surface area contributed by atoms with E-state index in [0.29, 0.717) is 12.2 Å². The maximum atomic E-state index is 13.9. The number of benzene rings is 1. The van der Waals surface area contributed by atoms with Gasteiger partial charge in [0.05, 0.1) is 18.5 Å². The standard InChI is InChI=1S/C27H40FNO2/c1-3-5-7-9-10-12-20-30-25-16-14-23(15-17-25)27-19-18-26(21-29-27)31-22-24(28)13-11-8-6-4-2/h14-19,21,24H,3-13,20,22H2,1-2H3/t24-/m0/s1. The third kappa shape index (κ3) is 10.7. The molecule has 0 fully saturated rings. The van der Waals surface area contributed by atoms with Crippen molar-refractivity contribution in [1.82, 2.24) is 4.98 Å². The molecule has 0 bridgehead atoms. The van der Waals surface area contributed by atoms with Crippen LogP contribution >= 0.6 is 0 Å². The summed E-state index contributed by atoms with van der Waals surface area (Å²) in [4.78, 5) is 4.47. The molecular formula is C27H40FNO2. The van der Waals surface area contributed by atoms with Gasteiger partial charge in [0, 0.05) is 5.56 Å². The van der Waals surface area contributed by atoms with Crippen molar-refractivity contribution >= 4 is 0 Å². The number of pyridine rings is 1. The molecule has 31 heavy (non-hydrogen) atoms. The van der Waals surface area contributed by atoms with Crippen LogP contribution in [0.25, 0.3) is 11.3 Å². The predicted octanol–water partition coefficient (Wildman–Crippen LogP) is 8.18. The van der Waals surface area contributed by atoms with Gasteiger partial charge < -0.3 is 9.47 Å². The van der Waals surface area contributed by atoms with Crippen molar-refractivity contribution in [3.05, 3.63) is 42.6 Å². The number of aromatic nitrogens is 1. The van der Waals surface area contributed by atoms with Crippen molar-refractivity contribution in [3.8, 4) is 22.8 Å². The molecule has 1 aromatic heterocycles. The summed E-state index contributed by atoms with van der Waals surface area (Å²) in [6.07, 6.45) is 13.3. The third-order valence-corrected chi connectivity index (χ3v) is 5.45. The molecule has 4 heteroatoms. The molecule has 2 rings (SSSR count). The van der Waals surface area contributed by atoms with Gasteiger partial charge in [0.25, 0.3) is 0 Å². The van der Waals surface area contributed by atoms with Crippen molar-refractivity contribution in [2.45, 2.75) is 90.6 Å². The topological polar surface area (TPSA) is 31.4 Å². The molecule has 1 heterocycles. The van der Waals surface area contributed by atoms with Gasteiger partial charge in [-0.2, -0.15) is 0 Å². The van der Waals surface area contributed by atoms with Crippen LogP contribution in [0.5, 0.6) is 11.5 Å². The fourth-order valence-corrected chi connectivity index (χ4v) is 3.49. The van der Waals surface area contributed by atoms with E-state index >= 15 is 0 Å². The van der Waals surface area contributed by atoms with E-state index in [0.717, 1.165) is 42.9 Å². The number of nitrogens with zero attached hydrogens (tertiary/aromatic N) is 1. The highest BCUT2D eigenvalue weighted by Gasteiger charge is 2.08. The molecule has 1 atom stereocenters. The molecule has 0 aliphatic rings. The van der Waals surface area contributed by atoms with Crippen molar-refractivity contribution < 1.29 is 13.9 Å². The molecule has 3 nitrogen and oxygen atoms in total. The van der Waals surface area contributed by atoms with Gasteiger partial charge in [0.15, 0.2) is 0 Å². The Labute approximate surface area is 188 Å². The number of halogens is 1. The van der Waals surface area contributed by atoms with E-state index in [4.69, 9.17) is 9.47 Å². The highest BCUT2D eigenvalue weighted by molar-refractivity contribution is 5.60. The summed E-state index contributed by atoms with van der Waals surface area (Å²) >= 11 is 0. The quantitative estimate of drug-likeness (QED) is 0.238.